The Balaban J connectivity index is 2.24. The van der Waals surface area contributed by atoms with Crippen molar-refractivity contribution in [3.8, 4) is 0 Å². The fourth-order valence-electron chi connectivity index (χ4n) is 3.07. The zero-order chi connectivity index (χ0) is 14.5. The molecule has 0 spiro atoms. The average Bonchev–Trinajstić information content (AvgIpc) is 2.94. The minimum Gasteiger partial charge on any atom is -0.392 e. The monoisotopic (exact) mass is 339 g/mol. The summed E-state index contributed by atoms with van der Waals surface area (Å²) in [7, 11) is 0. The van der Waals surface area contributed by atoms with Crippen LogP contribution in [0.3, 0.4) is 0 Å². The summed E-state index contributed by atoms with van der Waals surface area (Å²) in [4.78, 5) is 2.55. The van der Waals surface area contributed by atoms with E-state index in [0.29, 0.717) is 12.0 Å². The molecule has 0 amide bonds. The molecule has 1 aromatic carbocycles. The lowest BCUT2D eigenvalue weighted by atomic mass is 10.1. The highest BCUT2D eigenvalue weighted by Gasteiger charge is 2.24. The van der Waals surface area contributed by atoms with Crippen LogP contribution in [-0.4, -0.2) is 17.7 Å². The molecule has 1 aliphatic rings. The molecule has 0 aliphatic heterocycles. The number of halogens is 1. The first-order valence-corrected chi connectivity index (χ1v) is 8.57. The minimum atomic E-state index is 0.111. The van der Waals surface area contributed by atoms with Crippen LogP contribution in [0.5, 0.6) is 0 Å². The van der Waals surface area contributed by atoms with E-state index < -0.39 is 0 Å². The summed E-state index contributed by atoms with van der Waals surface area (Å²) in [5.41, 5.74) is 2.26. The van der Waals surface area contributed by atoms with Gasteiger partial charge in [0, 0.05) is 28.3 Å². The summed E-state index contributed by atoms with van der Waals surface area (Å²) in [5.74, 6) is 0.715. The van der Waals surface area contributed by atoms with E-state index in [1.54, 1.807) is 0 Å². The molecule has 0 heterocycles. The van der Waals surface area contributed by atoms with Gasteiger partial charge in [0.2, 0.25) is 0 Å². The molecule has 3 heteroatoms. The van der Waals surface area contributed by atoms with Crippen LogP contribution in [0.15, 0.2) is 22.7 Å². The van der Waals surface area contributed by atoms with Gasteiger partial charge >= 0.3 is 0 Å². The van der Waals surface area contributed by atoms with Crippen LogP contribution in [0.2, 0.25) is 0 Å². The van der Waals surface area contributed by atoms with Crippen molar-refractivity contribution in [1.82, 2.24) is 0 Å². The zero-order valence-corrected chi connectivity index (χ0v) is 14.2. The Morgan fingerprint density at radius 2 is 2.00 bits per heavy atom. The van der Waals surface area contributed by atoms with Crippen LogP contribution in [0.25, 0.3) is 0 Å². The average molecular weight is 340 g/mol. The molecule has 0 aromatic heterocycles. The Labute approximate surface area is 131 Å². The molecule has 1 aromatic rings. The van der Waals surface area contributed by atoms with Crippen LogP contribution >= 0.6 is 15.9 Å². The van der Waals surface area contributed by atoms with Crippen LogP contribution in [0.4, 0.5) is 5.69 Å². The number of rotatable bonds is 6. The van der Waals surface area contributed by atoms with Crippen molar-refractivity contribution in [3.05, 3.63) is 28.2 Å². The van der Waals surface area contributed by atoms with E-state index in [9.17, 15) is 5.11 Å². The van der Waals surface area contributed by atoms with Crippen LogP contribution in [-0.2, 0) is 6.61 Å². The van der Waals surface area contributed by atoms with Gasteiger partial charge < -0.3 is 10.0 Å². The molecule has 1 aliphatic carbocycles. The van der Waals surface area contributed by atoms with E-state index in [4.69, 9.17) is 0 Å². The highest BCUT2D eigenvalue weighted by molar-refractivity contribution is 9.10. The van der Waals surface area contributed by atoms with E-state index in [2.05, 4.69) is 46.8 Å². The smallest absolute Gasteiger partial charge is 0.0702 e. The Bertz CT molecular complexity index is 427. The number of hydrogen-bond acceptors (Lipinski definition) is 2. The van der Waals surface area contributed by atoms with Crippen molar-refractivity contribution in [2.75, 3.05) is 11.4 Å². The van der Waals surface area contributed by atoms with Gasteiger partial charge in [0.1, 0.15) is 0 Å². The number of aliphatic hydroxyl groups excluding tert-OH is 1. The zero-order valence-electron chi connectivity index (χ0n) is 12.6. The first kappa shape index (κ1) is 15.8. The largest absolute Gasteiger partial charge is 0.392 e. The van der Waals surface area contributed by atoms with E-state index in [-0.39, 0.29) is 6.61 Å². The fraction of sp³-hybridized carbons (Fsp3) is 0.647. The molecular formula is C17H26BrNO. The van der Waals surface area contributed by atoms with E-state index >= 15 is 0 Å². The van der Waals surface area contributed by atoms with Gasteiger partial charge in [0.25, 0.3) is 0 Å². The van der Waals surface area contributed by atoms with Crippen molar-refractivity contribution in [1.29, 1.82) is 0 Å². The van der Waals surface area contributed by atoms with E-state index in [0.717, 1.165) is 16.6 Å². The number of nitrogens with zero attached hydrogens (tertiary/aromatic N) is 1. The number of aliphatic hydroxyl groups is 1. The van der Waals surface area contributed by atoms with Crippen molar-refractivity contribution in [2.24, 2.45) is 5.92 Å². The lowest BCUT2D eigenvalue weighted by Crippen LogP contribution is -2.35. The maximum atomic E-state index is 9.66. The molecule has 1 N–H and O–H groups in total. The lowest BCUT2D eigenvalue weighted by Gasteiger charge is -2.33. The van der Waals surface area contributed by atoms with Gasteiger partial charge in [-0.25, -0.2) is 0 Å². The first-order valence-electron chi connectivity index (χ1n) is 7.77. The fourth-order valence-corrected chi connectivity index (χ4v) is 3.48. The van der Waals surface area contributed by atoms with E-state index in [1.807, 2.05) is 6.07 Å². The summed E-state index contributed by atoms with van der Waals surface area (Å²) >= 11 is 3.50. The summed E-state index contributed by atoms with van der Waals surface area (Å²) in [6, 6.07) is 6.95. The second kappa shape index (κ2) is 7.46. The summed E-state index contributed by atoms with van der Waals surface area (Å²) < 4.78 is 1.04. The van der Waals surface area contributed by atoms with Gasteiger partial charge in [-0.2, -0.15) is 0 Å². The maximum Gasteiger partial charge on any atom is 0.0702 e. The number of benzene rings is 1. The molecule has 112 valence electrons. The van der Waals surface area contributed by atoms with Gasteiger partial charge in [0.05, 0.1) is 6.61 Å². The molecule has 0 saturated heterocycles. The topological polar surface area (TPSA) is 23.5 Å². The quantitative estimate of drug-likeness (QED) is 0.809. The van der Waals surface area contributed by atoms with Crippen LogP contribution in [0.1, 0.15) is 51.5 Å². The molecule has 2 nitrogen and oxygen atoms in total. The van der Waals surface area contributed by atoms with Crippen LogP contribution in [0, 0.1) is 5.92 Å². The Morgan fingerprint density at radius 1 is 1.30 bits per heavy atom. The van der Waals surface area contributed by atoms with Gasteiger partial charge in [-0.3, -0.25) is 0 Å². The number of anilines is 1. The standard InChI is InChI=1S/C17H26BrNO/c1-13(2)9-10-19(16-5-3-4-6-16)17-8-7-15(18)11-14(17)12-20/h7-8,11,13,16,20H,3-6,9-10,12H2,1-2H3. The third-order valence-corrected chi connectivity index (χ3v) is 4.73. The minimum absolute atomic E-state index is 0.111. The Kier molecular flexibility index (Phi) is 5.91. The molecule has 0 unspecified atom stereocenters. The molecule has 1 fully saturated rings. The van der Waals surface area contributed by atoms with Crippen molar-refractivity contribution >= 4 is 21.6 Å². The molecule has 0 atom stereocenters. The molecule has 20 heavy (non-hydrogen) atoms. The van der Waals surface area contributed by atoms with Gasteiger partial charge in [-0.1, -0.05) is 42.6 Å². The second-order valence-electron chi connectivity index (χ2n) is 6.25. The normalized spacial score (nSPS) is 16.1. The highest BCUT2D eigenvalue weighted by atomic mass is 79.9. The number of hydrogen-bond donors (Lipinski definition) is 1. The predicted octanol–water partition coefficient (Wildman–Crippen LogP) is 4.74. The van der Waals surface area contributed by atoms with Crippen molar-refractivity contribution in [3.63, 3.8) is 0 Å². The summed E-state index contributed by atoms with van der Waals surface area (Å²) in [5, 5.41) is 9.66. The second-order valence-corrected chi connectivity index (χ2v) is 7.16. The highest BCUT2D eigenvalue weighted by Crippen LogP contribution is 2.32. The first-order chi connectivity index (χ1) is 9.61. The van der Waals surface area contributed by atoms with Crippen molar-refractivity contribution < 1.29 is 5.11 Å². The third-order valence-electron chi connectivity index (χ3n) is 4.23. The van der Waals surface area contributed by atoms with E-state index in [1.165, 1.54) is 37.8 Å². The summed E-state index contributed by atoms with van der Waals surface area (Å²) in [6.07, 6.45) is 6.47. The predicted molar refractivity (Wildman–Crippen MR) is 89.1 cm³/mol. The molecule has 2 rings (SSSR count). The van der Waals surface area contributed by atoms with Gasteiger partial charge in [0.15, 0.2) is 0 Å². The molecule has 0 radical (unpaired) electrons. The molecular weight excluding hydrogens is 314 g/mol. The SMILES string of the molecule is CC(C)CCN(c1ccc(Br)cc1CO)C1CCCC1. The third kappa shape index (κ3) is 3.98. The Hall–Kier alpha value is -0.540. The Morgan fingerprint density at radius 3 is 2.60 bits per heavy atom. The van der Waals surface area contributed by atoms with Gasteiger partial charge in [-0.15, -0.1) is 0 Å². The van der Waals surface area contributed by atoms with Gasteiger partial charge in [-0.05, 0) is 43.4 Å². The van der Waals surface area contributed by atoms with Crippen molar-refractivity contribution in [2.45, 2.75) is 58.6 Å². The summed E-state index contributed by atoms with van der Waals surface area (Å²) in [6.45, 7) is 5.76. The van der Waals surface area contributed by atoms with Crippen LogP contribution < -0.4 is 4.90 Å². The molecule has 1 saturated carbocycles. The molecule has 0 bridgehead atoms. The maximum absolute atomic E-state index is 9.66. The lowest BCUT2D eigenvalue weighted by molar-refractivity contribution is 0.281.